The van der Waals surface area contributed by atoms with Crippen molar-refractivity contribution in [3.05, 3.63) is 16.1 Å². The Morgan fingerprint density at radius 2 is 2.27 bits per heavy atom. The Balaban J connectivity index is 2.64. The number of aliphatic hydroxyl groups is 1. The molecule has 0 saturated heterocycles. The molecule has 5 heteroatoms. The molecule has 0 aliphatic carbocycles. The number of aromatic nitrogens is 1. The molecule has 0 fully saturated rings. The van der Waals surface area contributed by atoms with Crippen LogP contribution in [0.4, 0.5) is 0 Å². The summed E-state index contributed by atoms with van der Waals surface area (Å²) in [5.41, 5.74) is 6.60. The fourth-order valence-electron chi connectivity index (χ4n) is 1.11. The van der Waals surface area contributed by atoms with Gasteiger partial charge in [0.15, 0.2) is 0 Å². The number of nitrogens with zero attached hydrogens (tertiary/aromatic N) is 1. The highest BCUT2D eigenvalue weighted by Crippen LogP contribution is 2.22. The molecule has 3 N–H and O–H groups in total. The van der Waals surface area contributed by atoms with E-state index < -0.39 is 6.10 Å². The molecule has 0 radical (unpaired) electrons. The molecule has 1 aromatic heterocycles. The smallest absolute Gasteiger partial charge is 0.123 e. The van der Waals surface area contributed by atoms with Gasteiger partial charge in [-0.05, 0) is 20.8 Å². The Bertz CT molecular complexity index is 301. The van der Waals surface area contributed by atoms with Crippen molar-refractivity contribution in [3.8, 4) is 0 Å². The van der Waals surface area contributed by atoms with Crippen molar-refractivity contribution < 1.29 is 9.84 Å². The van der Waals surface area contributed by atoms with Gasteiger partial charge in [-0.3, -0.25) is 0 Å². The van der Waals surface area contributed by atoms with Crippen molar-refractivity contribution in [2.75, 3.05) is 6.54 Å². The lowest BCUT2D eigenvalue weighted by molar-refractivity contribution is -0.0592. The van der Waals surface area contributed by atoms with E-state index >= 15 is 0 Å². The maximum Gasteiger partial charge on any atom is 0.123 e. The van der Waals surface area contributed by atoms with Crippen LogP contribution in [0.15, 0.2) is 5.38 Å². The molecule has 0 aromatic carbocycles. The molecule has 15 heavy (non-hydrogen) atoms. The number of nitrogens with two attached hydrogens (primary N) is 1. The Morgan fingerprint density at radius 3 is 2.67 bits per heavy atom. The summed E-state index contributed by atoms with van der Waals surface area (Å²) in [6.45, 7) is 5.84. The van der Waals surface area contributed by atoms with Crippen molar-refractivity contribution in [2.45, 2.75) is 39.1 Å². The van der Waals surface area contributed by atoms with Crippen LogP contribution in [0, 0.1) is 6.92 Å². The Morgan fingerprint density at radius 1 is 1.60 bits per heavy atom. The van der Waals surface area contributed by atoms with Crippen LogP contribution in [-0.2, 0) is 4.74 Å². The summed E-state index contributed by atoms with van der Waals surface area (Å²) < 4.78 is 5.63. The molecule has 1 aromatic rings. The molecule has 1 rings (SSSR count). The van der Waals surface area contributed by atoms with Gasteiger partial charge in [0.1, 0.15) is 11.1 Å². The second kappa shape index (κ2) is 5.55. The number of hydrogen-bond donors (Lipinski definition) is 2. The minimum absolute atomic E-state index is 0.215. The highest BCUT2D eigenvalue weighted by atomic mass is 32.1. The highest BCUT2D eigenvalue weighted by Gasteiger charge is 2.19. The Kier molecular flexibility index (Phi) is 4.66. The number of aryl methyl sites for hydroxylation is 1. The molecule has 86 valence electrons. The van der Waals surface area contributed by atoms with E-state index in [9.17, 15) is 5.11 Å². The van der Waals surface area contributed by atoms with E-state index in [0.29, 0.717) is 6.54 Å². The number of ether oxygens (including phenoxy) is 1. The molecule has 0 aliphatic heterocycles. The predicted octanol–water partition coefficient (Wildman–Crippen LogP) is 1.24. The summed E-state index contributed by atoms with van der Waals surface area (Å²) in [7, 11) is 0. The van der Waals surface area contributed by atoms with Gasteiger partial charge in [0.2, 0.25) is 0 Å². The first-order valence-electron chi connectivity index (χ1n) is 5.00. The van der Waals surface area contributed by atoms with Crippen LogP contribution in [0.5, 0.6) is 0 Å². The summed E-state index contributed by atoms with van der Waals surface area (Å²) in [5.74, 6) is 0. The molecule has 0 bridgehead atoms. The zero-order valence-electron chi connectivity index (χ0n) is 9.30. The van der Waals surface area contributed by atoms with E-state index in [1.165, 1.54) is 11.3 Å². The quantitative estimate of drug-likeness (QED) is 0.798. The van der Waals surface area contributed by atoms with Gasteiger partial charge in [0.05, 0.1) is 12.2 Å². The van der Waals surface area contributed by atoms with E-state index in [4.69, 9.17) is 10.5 Å². The summed E-state index contributed by atoms with van der Waals surface area (Å²) in [5, 5.41) is 12.2. The lowest BCUT2D eigenvalue weighted by atomic mass is 10.2. The third-order valence-electron chi connectivity index (χ3n) is 2.18. The molecular weight excluding hydrogens is 212 g/mol. The average Bonchev–Trinajstić information content (AvgIpc) is 2.60. The summed E-state index contributed by atoms with van der Waals surface area (Å²) in [6.07, 6.45) is -0.948. The van der Waals surface area contributed by atoms with Crippen LogP contribution >= 0.6 is 11.3 Å². The van der Waals surface area contributed by atoms with Gasteiger partial charge >= 0.3 is 0 Å². The highest BCUT2D eigenvalue weighted by molar-refractivity contribution is 7.09. The second-order valence-corrected chi connectivity index (χ2v) is 4.52. The van der Waals surface area contributed by atoms with Crippen molar-refractivity contribution in [2.24, 2.45) is 5.73 Å². The van der Waals surface area contributed by atoms with E-state index in [1.54, 1.807) is 6.92 Å². The standard InChI is InChI=1S/C10H18N2O2S/c1-6-5-15-10(12-6)9(4-11)14-8(3)7(2)13/h5,7-9,13H,4,11H2,1-3H3. The molecule has 0 aliphatic rings. The van der Waals surface area contributed by atoms with Crippen molar-refractivity contribution in [1.29, 1.82) is 0 Å². The second-order valence-electron chi connectivity index (χ2n) is 3.63. The monoisotopic (exact) mass is 230 g/mol. The number of aliphatic hydroxyl groups excluding tert-OH is 1. The molecule has 3 unspecified atom stereocenters. The van der Waals surface area contributed by atoms with Crippen molar-refractivity contribution in [1.82, 2.24) is 4.98 Å². The van der Waals surface area contributed by atoms with Gasteiger partial charge < -0.3 is 15.6 Å². The predicted molar refractivity (Wildman–Crippen MR) is 60.9 cm³/mol. The first-order chi connectivity index (χ1) is 7.04. The summed E-state index contributed by atoms with van der Waals surface area (Å²) in [4.78, 5) is 4.33. The molecule has 1 heterocycles. The maximum atomic E-state index is 9.33. The minimum Gasteiger partial charge on any atom is -0.391 e. The number of rotatable bonds is 5. The van der Waals surface area contributed by atoms with Gasteiger partial charge in [0.25, 0.3) is 0 Å². The van der Waals surface area contributed by atoms with E-state index in [2.05, 4.69) is 4.98 Å². The first kappa shape index (κ1) is 12.6. The molecule has 0 amide bonds. The van der Waals surface area contributed by atoms with Crippen LogP contribution in [0.2, 0.25) is 0 Å². The van der Waals surface area contributed by atoms with Gasteiger partial charge in [-0.2, -0.15) is 0 Å². The summed E-state index contributed by atoms with van der Waals surface area (Å²) in [6, 6.07) is 0. The van der Waals surface area contributed by atoms with Crippen LogP contribution < -0.4 is 5.73 Å². The van der Waals surface area contributed by atoms with E-state index in [1.807, 2.05) is 19.2 Å². The van der Waals surface area contributed by atoms with Crippen LogP contribution in [0.3, 0.4) is 0 Å². The van der Waals surface area contributed by atoms with Gasteiger partial charge in [-0.1, -0.05) is 0 Å². The zero-order valence-corrected chi connectivity index (χ0v) is 10.1. The fraction of sp³-hybridized carbons (Fsp3) is 0.700. The van der Waals surface area contributed by atoms with Crippen molar-refractivity contribution >= 4 is 11.3 Å². The van der Waals surface area contributed by atoms with Crippen LogP contribution in [-0.4, -0.2) is 28.8 Å². The van der Waals surface area contributed by atoms with Crippen molar-refractivity contribution in [3.63, 3.8) is 0 Å². The first-order valence-corrected chi connectivity index (χ1v) is 5.88. The van der Waals surface area contributed by atoms with Crippen LogP contribution in [0.1, 0.15) is 30.7 Å². The molecule has 0 saturated carbocycles. The maximum absolute atomic E-state index is 9.33. The third kappa shape index (κ3) is 3.53. The largest absolute Gasteiger partial charge is 0.391 e. The number of hydrogen-bond acceptors (Lipinski definition) is 5. The average molecular weight is 230 g/mol. The molecular formula is C10H18N2O2S. The third-order valence-corrected chi connectivity index (χ3v) is 3.24. The Hall–Kier alpha value is -0.490. The minimum atomic E-state index is -0.500. The van der Waals surface area contributed by atoms with E-state index in [-0.39, 0.29) is 12.2 Å². The topological polar surface area (TPSA) is 68.4 Å². The molecule has 0 spiro atoms. The lowest BCUT2D eigenvalue weighted by Crippen LogP contribution is -2.28. The summed E-state index contributed by atoms with van der Waals surface area (Å²) >= 11 is 1.54. The molecule has 4 nitrogen and oxygen atoms in total. The van der Waals surface area contributed by atoms with E-state index in [0.717, 1.165) is 10.7 Å². The fourth-order valence-corrected chi connectivity index (χ4v) is 1.95. The normalized spacial score (nSPS) is 17.4. The Labute approximate surface area is 94.1 Å². The number of thiazole rings is 1. The van der Waals surface area contributed by atoms with Gasteiger partial charge in [0, 0.05) is 17.6 Å². The SMILES string of the molecule is Cc1csc(C(CN)OC(C)C(C)O)n1. The van der Waals surface area contributed by atoms with Gasteiger partial charge in [-0.15, -0.1) is 11.3 Å². The van der Waals surface area contributed by atoms with Crippen LogP contribution in [0.25, 0.3) is 0 Å². The lowest BCUT2D eigenvalue weighted by Gasteiger charge is -2.21. The molecule has 3 atom stereocenters. The zero-order chi connectivity index (χ0) is 11.4. The van der Waals surface area contributed by atoms with Gasteiger partial charge in [-0.25, -0.2) is 4.98 Å².